The average Bonchev–Trinajstić information content (AvgIpc) is 2.51. The summed E-state index contributed by atoms with van der Waals surface area (Å²) in [6.07, 6.45) is 1.94. The summed E-state index contributed by atoms with van der Waals surface area (Å²) in [5.41, 5.74) is 14.9. The van der Waals surface area contributed by atoms with Crippen molar-refractivity contribution < 1.29 is 4.74 Å². The van der Waals surface area contributed by atoms with Crippen molar-refractivity contribution in [2.24, 2.45) is 5.73 Å². The minimum absolute atomic E-state index is 0.0912. The van der Waals surface area contributed by atoms with Gasteiger partial charge < -0.3 is 16.2 Å². The van der Waals surface area contributed by atoms with Gasteiger partial charge >= 0.3 is 0 Å². The number of hydrogen-bond donors (Lipinski definition) is 2. The molecular formula is C10H14N2O. The Hall–Kier alpha value is -1.22. The van der Waals surface area contributed by atoms with E-state index in [-0.39, 0.29) is 6.04 Å². The Morgan fingerprint density at radius 2 is 2.23 bits per heavy atom. The first kappa shape index (κ1) is 8.38. The summed E-state index contributed by atoms with van der Waals surface area (Å²) in [5, 5.41) is 0. The maximum Gasteiger partial charge on any atom is 0.124 e. The van der Waals surface area contributed by atoms with Crippen LogP contribution in [0.3, 0.4) is 0 Å². The smallest absolute Gasteiger partial charge is 0.124 e. The van der Waals surface area contributed by atoms with Crippen molar-refractivity contribution in [3.8, 4) is 5.75 Å². The molecule has 1 aliphatic carbocycles. The number of methoxy groups -OCH3 is 1. The van der Waals surface area contributed by atoms with E-state index in [9.17, 15) is 0 Å². The number of ether oxygens (including phenoxy) is 1. The molecule has 1 aliphatic rings. The topological polar surface area (TPSA) is 61.3 Å². The highest BCUT2D eigenvalue weighted by atomic mass is 16.5. The molecular weight excluding hydrogens is 164 g/mol. The number of hydrogen-bond acceptors (Lipinski definition) is 3. The van der Waals surface area contributed by atoms with Crippen LogP contribution in [-0.4, -0.2) is 7.11 Å². The summed E-state index contributed by atoms with van der Waals surface area (Å²) in [6, 6.07) is 3.86. The molecule has 0 amide bonds. The Labute approximate surface area is 77.7 Å². The third kappa shape index (κ3) is 1.16. The van der Waals surface area contributed by atoms with Gasteiger partial charge in [0.25, 0.3) is 0 Å². The van der Waals surface area contributed by atoms with Gasteiger partial charge in [0.05, 0.1) is 7.11 Å². The Bertz CT molecular complexity index is 336. The van der Waals surface area contributed by atoms with Gasteiger partial charge in [-0.1, -0.05) is 0 Å². The van der Waals surface area contributed by atoms with Crippen LogP contribution in [0.4, 0.5) is 5.69 Å². The van der Waals surface area contributed by atoms with Crippen molar-refractivity contribution >= 4 is 5.69 Å². The van der Waals surface area contributed by atoms with Crippen LogP contribution in [0.5, 0.6) is 5.75 Å². The minimum atomic E-state index is 0.0912. The third-order valence-electron chi connectivity index (χ3n) is 2.65. The van der Waals surface area contributed by atoms with Crippen LogP contribution in [0.1, 0.15) is 23.6 Å². The molecule has 0 aromatic heterocycles. The Kier molecular flexibility index (Phi) is 1.88. The molecule has 0 spiro atoms. The highest BCUT2D eigenvalue weighted by Crippen LogP contribution is 2.39. The van der Waals surface area contributed by atoms with Gasteiger partial charge in [-0.15, -0.1) is 0 Å². The van der Waals surface area contributed by atoms with Crippen LogP contribution in [0.25, 0.3) is 0 Å². The molecule has 1 aromatic rings. The van der Waals surface area contributed by atoms with Gasteiger partial charge in [0.15, 0.2) is 0 Å². The van der Waals surface area contributed by atoms with Crippen LogP contribution in [0.15, 0.2) is 12.1 Å². The quantitative estimate of drug-likeness (QED) is 0.636. The lowest BCUT2D eigenvalue weighted by atomic mass is 10.1. The van der Waals surface area contributed by atoms with Gasteiger partial charge in [0.1, 0.15) is 5.75 Å². The fourth-order valence-electron chi connectivity index (χ4n) is 1.97. The summed E-state index contributed by atoms with van der Waals surface area (Å²) in [4.78, 5) is 0. The molecule has 0 saturated heterocycles. The van der Waals surface area contributed by atoms with Crippen molar-refractivity contribution in [3.63, 3.8) is 0 Å². The lowest BCUT2D eigenvalue weighted by Crippen LogP contribution is -2.07. The van der Waals surface area contributed by atoms with Crippen LogP contribution >= 0.6 is 0 Å². The highest BCUT2D eigenvalue weighted by Gasteiger charge is 2.24. The van der Waals surface area contributed by atoms with Crippen molar-refractivity contribution in [1.29, 1.82) is 0 Å². The highest BCUT2D eigenvalue weighted by molar-refractivity contribution is 5.59. The van der Waals surface area contributed by atoms with Crippen LogP contribution < -0.4 is 16.2 Å². The first-order valence-electron chi connectivity index (χ1n) is 4.45. The van der Waals surface area contributed by atoms with Crippen molar-refractivity contribution in [1.82, 2.24) is 0 Å². The van der Waals surface area contributed by atoms with E-state index in [0.29, 0.717) is 0 Å². The van der Waals surface area contributed by atoms with E-state index in [2.05, 4.69) is 0 Å². The number of anilines is 1. The molecule has 0 bridgehead atoms. The largest absolute Gasteiger partial charge is 0.496 e. The third-order valence-corrected chi connectivity index (χ3v) is 2.65. The van der Waals surface area contributed by atoms with E-state index in [1.807, 2.05) is 12.1 Å². The fraction of sp³-hybridized carbons (Fsp3) is 0.400. The molecule has 0 aliphatic heterocycles. The molecule has 70 valence electrons. The van der Waals surface area contributed by atoms with E-state index in [0.717, 1.165) is 29.8 Å². The molecule has 4 N–H and O–H groups in total. The van der Waals surface area contributed by atoms with E-state index in [1.165, 1.54) is 5.56 Å². The second-order valence-electron chi connectivity index (χ2n) is 3.39. The zero-order valence-electron chi connectivity index (χ0n) is 7.71. The molecule has 1 aromatic carbocycles. The molecule has 1 unspecified atom stereocenters. The summed E-state index contributed by atoms with van der Waals surface area (Å²) < 4.78 is 5.25. The van der Waals surface area contributed by atoms with Crippen molar-refractivity contribution in [2.45, 2.75) is 18.9 Å². The van der Waals surface area contributed by atoms with Gasteiger partial charge in [-0.05, 0) is 30.5 Å². The molecule has 0 saturated carbocycles. The second-order valence-corrected chi connectivity index (χ2v) is 3.39. The van der Waals surface area contributed by atoms with E-state index >= 15 is 0 Å². The Balaban J connectivity index is 2.60. The molecule has 3 heteroatoms. The summed E-state index contributed by atoms with van der Waals surface area (Å²) in [5.74, 6) is 0.870. The lowest BCUT2D eigenvalue weighted by Gasteiger charge is -2.12. The SMILES string of the molecule is COc1ccc(N)c2c1C(N)CC2. The van der Waals surface area contributed by atoms with Gasteiger partial charge in [0.2, 0.25) is 0 Å². The lowest BCUT2D eigenvalue weighted by molar-refractivity contribution is 0.407. The van der Waals surface area contributed by atoms with Gasteiger partial charge in [-0.25, -0.2) is 0 Å². The summed E-state index contributed by atoms with van der Waals surface area (Å²) in [6.45, 7) is 0. The first-order valence-corrected chi connectivity index (χ1v) is 4.45. The van der Waals surface area contributed by atoms with Crippen LogP contribution in [-0.2, 0) is 6.42 Å². The molecule has 0 fully saturated rings. The predicted molar refractivity (Wildman–Crippen MR) is 52.7 cm³/mol. The van der Waals surface area contributed by atoms with E-state index in [4.69, 9.17) is 16.2 Å². The van der Waals surface area contributed by atoms with Gasteiger partial charge in [-0.2, -0.15) is 0 Å². The number of nitrogens with two attached hydrogens (primary N) is 2. The normalized spacial score (nSPS) is 20.0. The molecule has 1 atom stereocenters. The first-order chi connectivity index (χ1) is 6.24. The molecule has 0 radical (unpaired) electrons. The van der Waals surface area contributed by atoms with Gasteiger partial charge in [0, 0.05) is 17.3 Å². The van der Waals surface area contributed by atoms with E-state index in [1.54, 1.807) is 7.11 Å². The molecule has 3 nitrogen and oxygen atoms in total. The standard InChI is InChI=1S/C10H14N2O/c1-13-9-5-4-7(11)6-2-3-8(12)10(6)9/h4-5,8H,2-3,11-12H2,1H3. The van der Waals surface area contributed by atoms with Crippen molar-refractivity contribution in [2.75, 3.05) is 12.8 Å². The molecule has 2 rings (SSSR count). The number of nitrogen functional groups attached to an aromatic ring is 1. The summed E-state index contributed by atoms with van der Waals surface area (Å²) >= 11 is 0. The maximum absolute atomic E-state index is 5.96. The Morgan fingerprint density at radius 1 is 1.46 bits per heavy atom. The van der Waals surface area contributed by atoms with Crippen LogP contribution in [0, 0.1) is 0 Å². The molecule has 13 heavy (non-hydrogen) atoms. The predicted octanol–water partition coefficient (Wildman–Crippen LogP) is 1.22. The zero-order valence-corrected chi connectivity index (χ0v) is 7.71. The zero-order chi connectivity index (χ0) is 9.42. The number of benzene rings is 1. The number of rotatable bonds is 1. The van der Waals surface area contributed by atoms with E-state index < -0.39 is 0 Å². The Morgan fingerprint density at radius 3 is 2.92 bits per heavy atom. The monoisotopic (exact) mass is 178 g/mol. The molecule has 0 heterocycles. The minimum Gasteiger partial charge on any atom is -0.496 e. The number of fused-ring (bicyclic) bond motifs is 1. The fourth-order valence-corrected chi connectivity index (χ4v) is 1.97. The van der Waals surface area contributed by atoms with Crippen LogP contribution in [0.2, 0.25) is 0 Å². The maximum atomic E-state index is 5.96. The van der Waals surface area contributed by atoms with Crippen molar-refractivity contribution in [3.05, 3.63) is 23.3 Å². The summed E-state index contributed by atoms with van der Waals surface area (Å²) in [7, 11) is 1.66. The average molecular weight is 178 g/mol. The van der Waals surface area contributed by atoms with Gasteiger partial charge in [-0.3, -0.25) is 0 Å². The second kappa shape index (κ2) is 2.92.